The Labute approximate surface area is 587 Å². The fourth-order valence-corrected chi connectivity index (χ4v) is 16.4. The lowest BCUT2D eigenvalue weighted by Gasteiger charge is -2.45. The van der Waals surface area contributed by atoms with E-state index in [2.05, 4.69) is 16.0 Å². The van der Waals surface area contributed by atoms with E-state index in [1.807, 2.05) is 27.7 Å². The summed E-state index contributed by atoms with van der Waals surface area (Å²) in [5.74, 6) is -10.8. The number of ether oxygens (including phenoxy) is 1. The van der Waals surface area contributed by atoms with Crippen LogP contribution in [-0.2, 0) is 62.3 Å². The molecule has 7 rings (SSSR count). The SMILES string of the molecule is CCCOC[C@H]1C(=O)N(C)CC(=O)N[C@@H](CCC2CCC(C(F)(F)F)C(Cl)C2)C(=O)N2CCC[C@H]2C(=O)NC2(CCCC2)C(=O)N(C)[C@@H](C2CCCC2)C(=O)N(C)[C@H](C(=O)N2CCCC2)CC(=O)N(C)[C@@H](CC(C)C)C(=O)N[C@@H]([C@@H](C)CC)C(=O)N(C)[C@@H](C)C(=O)N2CC[C@H]2C(=O)N1C. The number of alkyl halides is 4. The summed E-state index contributed by atoms with van der Waals surface area (Å²) in [6.07, 6.45) is 2.13. The van der Waals surface area contributed by atoms with Crippen LogP contribution < -0.4 is 16.0 Å². The summed E-state index contributed by atoms with van der Waals surface area (Å²) >= 11 is 6.39. The van der Waals surface area contributed by atoms with Crippen LogP contribution in [-0.4, -0.2) is 275 Å². The van der Waals surface area contributed by atoms with Crippen molar-refractivity contribution in [3.05, 3.63) is 0 Å². The van der Waals surface area contributed by atoms with Gasteiger partial charge in [0.05, 0.1) is 25.5 Å². The highest BCUT2D eigenvalue weighted by molar-refractivity contribution is 6.21. The molecular formula is C70H112ClF3N12O13. The van der Waals surface area contributed by atoms with Crippen molar-refractivity contribution in [2.75, 3.05) is 88.2 Å². The first kappa shape index (κ1) is 80.0. The Hall–Kier alpha value is -6.32. The van der Waals surface area contributed by atoms with Crippen LogP contribution in [0, 0.1) is 29.6 Å². The fourth-order valence-electron chi connectivity index (χ4n) is 15.9. The molecule has 3 saturated carbocycles. The topological polar surface area (TPSA) is 279 Å². The van der Waals surface area contributed by atoms with Crippen LogP contribution in [0.4, 0.5) is 13.2 Å². The van der Waals surface area contributed by atoms with E-state index in [1.54, 1.807) is 11.8 Å². The maximum Gasteiger partial charge on any atom is 0.393 e. The van der Waals surface area contributed by atoms with Crippen molar-refractivity contribution in [2.45, 2.75) is 254 Å². The molecule has 0 aromatic carbocycles. The third-order valence-electron chi connectivity index (χ3n) is 22.6. The highest BCUT2D eigenvalue weighted by Crippen LogP contribution is 2.44. The molecule has 0 aromatic heterocycles. The number of hydrogen-bond acceptors (Lipinski definition) is 13. The first-order valence-corrected chi connectivity index (χ1v) is 36.8. The summed E-state index contributed by atoms with van der Waals surface area (Å²) in [5, 5.41) is 7.57. The lowest BCUT2D eigenvalue weighted by atomic mass is 9.78. The van der Waals surface area contributed by atoms with Crippen LogP contribution in [0.1, 0.15) is 183 Å². The Kier molecular flexibility index (Phi) is 28.3. The standard InChI is InChI=1S/C70H112ClF3N12O13/c1-13-36-99-41-54-63(93)78(7)40-55(87)75-49(28-26-45-25-27-47(48(71)38-45)70(72,73)74)62(92)85-34-21-24-50(85)60(90)77-69(30-17-18-31-69)68(98)83(12)58(46-22-15-16-23-46)67(97)81(10)53(65(95)84-32-19-20-33-84)39-56(88)80(9)52(37-42(3)4)59(89)76-57(43(5)14-2)66(96)79(8)44(6)61(91)86-35-29-51(86)64(94)82(54)11/h42-54,57-58H,13-41H2,1-12H3,(H,75,87)(H,76,89)(H,77,90)/t43-,44-,45?,47?,48?,49-,50-,51-,52-,53-,54-,57-,58-/m0/s1. The first-order chi connectivity index (χ1) is 46.7. The molecule has 3 N–H and O–H groups in total. The number of halogens is 4. The molecule has 7 fully saturated rings. The van der Waals surface area contributed by atoms with Crippen molar-refractivity contribution in [3.8, 4) is 0 Å². The Morgan fingerprint density at radius 3 is 1.88 bits per heavy atom. The zero-order chi connectivity index (χ0) is 73.1. The number of likely N-dealkylation sites (N-methyl/N-ethyl adjacent to an activating group) is 6. The van der Waals surface area contributed by atoms with Gasteiger partial charge in [0.25, 0.3) is 0 Å². The van der Waals surface area contributed by atoms with Gasteiger partial charge in [-0.15, -0.1) is 11.6 Å². The van der Waals surface area contributed by atoms with Crippen molar-refractivity contribution in [1.29, 1.82) is 0 Å². The predicted molar refractivity (Wildman–Crippen MR) is 362 cm³/mol. The molecule has 1 spiro atoms. The quantitative estimate of drug-likeness (QED) is 0.167. The molecule has 13 atom stereocenters. The molecule has 7 aliphatic rings. The van der Waals surface area contributed by atoms with Gasteiger partial charge in [-0.1, -0.05) is 66.7 Å². The molecule has 99 heavy (non-hydrogen) atoms. The van der Waals surface area contributed by atoms with E-state index in [1.165, 1.54) is 78.6 Å². The number of carbonyl (C=O) groups is 12. The predicted octanol–water partition coefficient (Wildman–Crippen LogP) is 4.69. The minimum absolute atomic E-state index is 0.00982. The molecule has 3 aliphatic carbocycles. The lowest BCUT2D eigenvalue weighted by Crippen LogP contribution is -2.65. The lowest BCUT2D eigenvalue weighted by molar-refractivity contribution is -0.182. The van der Waals surface area contributed by atoms with Crippen molar-refractivity contribution in [1.82, 2.24) is 60.0 Å². The van der Waals surface area contributed by atoms with Crippen LogP contribution in [0.3, 0.4) is 0 Å². The van der Waals surface area contributed by atoms with Gasteiger partial charge >= 0.3 is 6.18 Å². The number of nitrogens with zero attached hydrogens (tertiary/aromatic N) is 9. The molecule has 29 heteroatoms. The van der Waals surface area contributed by atoms with Crippen molar-refractivity contribution in [3.63, 3.8) is 0 Å². The Morgan fingerprint density at radius 1 is 0.646 bits per heavy atom. The Morgan fingerprint density at radius 2 is 1.29 bits per heavy atom. The van der Waals surface area contributed by atoms with Gasteiger partial charge in [-0.05, 0) is 133 Å². The smallest absolute Gasteiger partial charge is 0.379 e. The largest absolute Gasteiger partial charge is 0.393 e. The second-order valence-electron chi connectivity index (χ2n) is 29.8. The van der Waals surface area contributed by atoms with Gasteiger partial charge in [0, 0.05) is 80.4 Å². The third-order valence-corrected chi connectivity index (χ3v) is 23.1. The zero-order valence-corrected chi connectivity index (χ0v) is 61.3. The van der Waals surface area contributed by atoms with E-state index in [0.29, 0.717) is 70.9 Å². The van der Waals surface area contributed by atoms with E-state index in [0.717, 1.165) is 22.6 Å². The van der Waals surface area contributed by atoms with E-state index in [9.17, 15) is 46.7 Å². The fraction of sp³-hybridized carbons (Fsp3) is 0.829. The summed E-state index contributed by atoms with van der Waals surface area (Å²) in [6, 6.07) is -11.1. The van der Waals surface area contributed by atoms with Gasteiger partial charge in [0.2, 0.25) is 70.9 Å². The number of nitrogens with one attached hydrogen (secondary N) is 3. The van der Waals surface area contributed by atoms with Gasteiger partial charge in [0.15, 0.2) is 0 Å². The zero-order valence-electron chi connectivity index (χ0n) is 60.5. The van der Waals surface area contributed by atoms with E-state index in [4.69, 9.17) is 16.3 Å². The number of likely N-dealkylation sites (tertiary alicyclic amines) is 1. The number of carbonyl (C=O) groups excluding carboxylic acids is 12. The molecule has 0 bridgehead atoms. The van der Waals surface area contributed by atoms with Gasteiger partial charge in [-0.25, -0.2) is 0 Å². The highest BCUT2D eigenvalue weighted by atomic mass is 35.5. The monoisotopic (exact) mass is 1420 g/mol. The summed E-state index contributed by atoms with van der Waals surface area (Å²) in [4.78, 5) is 191. The third kappa shape index (κ3) is 18.9. The minimum atomic E-state index is -4.51. The van der Waals surface area contributed by atoms with Crippen LogP contribution in [0.5, 0.6) is 0 Å². The van der Waals surface area contributed by atoms with Crippen LogP contribution in [0.15, 0.2) is 0 Å². The van der Waals surface area contributed by atoms with Gasteiger partial charge in [-0.2, -0.15) is 13.2 Å². The maximum absolute atomic E-state index is 15.7. The summed E-state index contributed by atoms with van der Waals surface area (Å²) in [5.41, 5.74) is -1.55. The highest BCUT2D eigenvalue weighted by Gasteiger charge is 2.53. The first-order valence-electron chi connectivity index (χ1n) is 36.4. The summed E-state index contributed by atoms with van der Waals surface area (Å²) in [6.45, 7) is 10.9. The van der Waals surface area contributed by atoms with Crippen LogP contribution in [0.25, 0.3) is 0 Å². The normalized spacial score (nSPS) is 30.9. The number of amides is 12. The van der Waals surface area contributed by atoms with Gasteiger partial charge in [-0.3, -0.25) is 57.5 Å². The number of fused-ring (bicyclic) bond motifs is 2. The number of rotatable bonds is 13. The summed E-state index contributed by atoms with van der Waals surface area (Å²) in [7, 11) is 8.55. The molecule has 4 heterocycles. The average molecular weight is 1420 g/mol. The molecule has 4 saturated heterocycles. The second-order valence-corrected chi connectivity index (χ2v) is 30.4. The molecule has 12 amide bonds. The van der Waals surface area contributed by atoms with Crippen molar-refractivity contribution in [2.24, 2.45) is 29.6 Å². The summed E-state index contributed by atoms with van der Waals surface area (Å²) < 4.78 is 47.8. The van der Waals surface area contributed by atoms with Crippen molar-refractivity contribution >= 4 is 82.5 Å². The van der Waals surface area contributed by atoms with E-state index in [-0.39, 0.29) is 108 Å². The Bertz CT molecular complexity index is 2910. The van der Waals surface area contributed by atoms with E-state index < -0.39 is 167 Å². The van der Waals surface area contributed by atoms with E-state index >= 15 is 24.0 Å². The molecule has 25 nitrogen and oxygen atoms in total. The molecule has 4 aliphatic heterocycles. The molecular weight excluding hydrogens is 1310 g/mol. The number of hydrogen-bond donors (Lipinski definition) is 3. The molecule has 0 radical (unpaired) electrons. The Balaban J connectivity index is 1.27. The van der Waals surface area contributed by atoms with Gasteiger partial charge < -0.3 is 64.8 Å². The molecule has 0 aromatic rings. The maximum atomic E-state index is 15.7. The van der Waals surface area contributed by atoms with Crippen molar-refractivity contribution < 1.29 is 75.4 Å². The minimum Gasteiger partial charge on any atom is -0.379 e. The van der Waals surface area contributed by atoms with Crippen LogP contribution in [0.2, 0.25) is 0 Å². The molecule has 3 unspecified atom stereocenters. The molecule has 558 valence electrons. The average Bonchev–Trinajstić information content (AvgIpc) is 1.77. The second kappa shape index (κ2) is 35.0. The van der Waals surface area contributed by atoms with Crippen LogP contribution >= 0.6 is 11.6 Å². The van der Waals surface area contributed by atoms with Gasteiger partial charge in [0.1, 0.15) is 59.9 Å².